The molecule has 0 fully saturated rings. The number of aromatic amines is 1. The van der Waals surface area contributed by atoms with Crippen molar-refractivity contribution in [3.05, 3.63) is 46.7 Å². The van der Waals surface area contributed by atoms with Crippen LogP contribution in [0.1, 0.15) is 0 Å². The van der Waals surface area contributed by atoms with Crippen LogP contribution < -0.4 is 4.74 Å². The third-order valence-corrected chi connectivity index (χ3v) is 3.47. The number of aromatic nitrogens is 2. The number of imidazole rings is 1. The fraction of sp³-hybridized carbons (Fsp3) is 0.0714. The second kappa shape index (κ2) is 4.66. The number of hydrogen-bond acceptors (Lipinski definition) is 2. The van der Waals surface area contributed by atoms with E-state index in [1.54, 1.807) is 19.2 Å². The molecule has 1 N–H and O–H groups in total. The van der Waals surface area contributed by atoms with Gasteiger partial charge in [0.05, 0.1) is 12.6 Å². The van der Waals surface area contributed by atoms with Gasteiger partial charge in [-0.2, -0.15) is 0 Å². The number of nitrogens with zero attached hydrogens (tertiary/aromatic N) is 1. The van der Waals surface area contributed by atoms with Crippen molar-refractivity contribution in [2.24, 2.45) is 0 Å². The van der Waals surface area contributed by atoms with Crippen LogP contribution in [0.4, 0.5) is 4.39 Å². The zero-order valence-corrected chi connectivity index (χ0v) is 11.7. The Balaban J connectivity index is 2.16. The van der Waals surface area contributed by atoms with E-state index in [4.69, 9.17) is 4.74 Å². The molecule has 0 unspecified atom stereocenters. The van der Waals surface area contributed by atoms with Crippen molar-refractivity contribution in [2.45, 2.75) is 0 Å². The first-order chi connectivity index (χ1) is 9.17. The molecule has 0 bridgehead atoms. The molecule has 0 amide bonds. The lowest BCUT2D eigenvalue weighted by atomic mass is 10.2. The molecule has 0 aliphatic heterocycles. The smallest absolute Gasteiger partial charge is 0.138 e. The fourth-order valence-corrected chi connectivity index (χ4v) is 2.44. The molecule has 3 aromatic rings. The van der Waals surface area contributed by atoms with Gasteiger partial charge in [0.1, 0.15) is 22.9 Å². The molecule has 0 aliphatic rings. The minimum atomic E-state index is -0.261. The van der Waals surface area contributed by atoms with Crippen LogP contribution in [0.25, 0.3) is 22.4 Å². The number of H-pyrrole nitrogens is 1. The van der Waals surface area contributed by atoms with Gasteiger partial charge >= 0.3 is 0 Å². The van der Waals surface area contributed by atoms with E-state index in [1.807, 2.05) is 12.1 Å². The summed E-state index contributed by atoms with van der Waals surface area (Å²) >= 11 is 3.46. The first-order valence-corrected chi connectivity index (χ1v) is 6.46. The van der Waals surface area contributed by atoms with Gasteiger partial charge in [-0.1, -0.05) is 0 Å². The minimum absolute atomic E-state index is 0.261. The molecule has 0 saturated carbocycles. The summed E-state index contributed by atoms with van der Waals surface area (Å²) in [5.74, 6) is 1.18. The van der Waals surface area contributed by atoms with Crippen molar-refractivity contribution in [2.75, 3.05) is 7.11 Å². The van der Waals surface area contributed by atoms with Gasteiger partial charge in [-0.3, -0.25) is 0 Å². The largest absolute Gasteiger partial charge is 0.497 e. The third-order valence-electron chi connectivity index (χ3n) is 2.87. The van der Waals surface area contributed by atoms with E-state index in [1.165, 1.54) is 12.1 Å². The minimum Gasteiger partial charge on any atom is -0.497 e. The van der Waals surface area contributed by atoms with E-state index in [9.17, 15) is 4.39 Å². The molecule has 19 heavy (non-hydrogen) atoms. The first-order valence-electron chi connectivity index (χ1n) is 5.66. The number of benzene rings is 2. The Morgan fingerprint density at radius 1 is 1.21 bits per heavy atom. The van der Waals surface area contributed by atoms with Crippen molar-refractivity contribution in [3.63, 3.8) is 0 Å². The third kappa shape index (κ3) is 2.21. The highest BCUT2D eigenvalue weighted by Gasteiger charge is 2.10. The molecule has 0 atom stereocenters. The number of rotatable bonds is 2. The van der Waals surface area contributed by atoms with Crippen LogP contribution in [0.15, 0.2) is 40.9 Å². The monoisotopic (exact) mass is 320 g/mol. The summed E-state index contributed by atoms with van der Waals surface area (Å²) < 4.78 is 19.0. The van der Waals surface area contributed by atoms with Crippen molar-refractivity contribution in [1.82, 2.24) is 9.97 Å². The van der Waals surface area contributed by atoms with Crippen molar-refractivity contribution in [3.8, 4) is 17.1 Å². The highest BCUT2D eigenvalue weighted by atomic mass is 79.9. The van der Waals surface area contributed by atoms with Crippen LogP contribution in [-0.2, 0) is 0 Å². The molecule has 2 aromatic carbocycles. The van der Waals surface area contributed by atoms with Gasteiger partial charge in [0.25, 0.3) is 0 Å². The molecule has 5 heteroatoms. The van der Waals surface area contributed by atoms with Crippen LogP contribution >= 0.6 is 15.9 Å². The number of nitrogens with one attached hydrogen (secondary N) is 1. The maximum atomic E-state index is 12.9. The zero-order valence-electron chi connectivity index (χ0n) is 10.1. The first kappa shape index (κ1) is 12.2. The number of ether oxygens (including phenoxy) is 1. The van der Waals surface area contributed by atoms with Gasteiger partial charge in [-0.25, -0.2) is 9.37 Å². The van der Waals surface area contributed by atoms with Crippen molar-refractivity contribution in [1.29, 1.82) is 0 Å². The Hall–Kier alpha value is -1.88. The predicted octanol–water partition coefficient (Wildman–Crippen LogP) is 4.14. The summed E-state index contributed by atoms with van der Waals surface area (Å²) in [6.07, 6.45) is 0. The highest BCUT2D eigenvalue weighted by Crippen LogP contribution is 2.30. The predicted molar refractivity (Wildman–Crippen MR) is 75.7 cm³/mol. The standard InChI is InChI=1S/C14H10BrFN2O/c1-19-10-6-11(15)13-12(7-10)17-14(18-13)8-2-4-9(16)5-3-8/h2-7H,1H3,(H,17,18). The second-order valence-electron chi connectivity index (χ2n) is 4.10. The summed E-state index contributed by atoms with van der Waals surface area (Å²) in [5.41, 5.74) is 2.52. The quantitative estimate of drug-likeness (QED) is 0.770. The van der Waals surface area contributed by atoms with Gasteiger partial charge in [-0.05, 0) is 46.3 Å². The molecular weight excluding hydrogens is 311 g/mol. The van der Waals surface area contributed by atoms with Gasteiger partial charge in [0.2, 0.25) is 0 Å². The van der Waals surface area contributed by atoms with Gasteiger partial charge < -0.3 is 9.72 Å². The van der Waals surface area contributed by atoms with E-state index in [2.05, 4.69) is 25.9 Å². The second-order valence-corrected chi connectivity index (χ2v) is 4.95. The van der Waals surface area contributed by atoms with E-state index in [-0.39, 0.29) is 5.82 Å². The zero-order chi connectivity index (χ0) is 13.4. The molecule has 3 rings (SSSR count). The van der Waals surface area contributed by atoms with E-state index >= 15 is 0 Å². The molecule has 1 aromatic heterocycles. The van der Waals surface area contributed by atoms with E-state index in [0.717, 1.165) is 26.8 Å². The number of fused-ring (bicyclic) bond motifs is 1. The Kier molecular flexibility index (Phi) is 2.98. The molecular formula is C14H10BrFN2O. The lowest BCUT2D eigenvalue weighted by Gasteiger charge is -1.99. The summed E-state index contributed by atoms with van der Waals surface area (Å²) in [6, 6.07) is 9.95. The van der Waals surface area contributed by atoms with Gasteiger partial charge in [0.15, 0.2) is 0 Å². The number of methoxy groups -OCH3 is 1. The lowest BCUT2D eigenvalue weighted by molar-refractivity contribution is 0.415. The topological polar surface area (TPSA) is 37.9 Å². The molecule has 0 aliphatic carbocycles. The fourth-order valence-electron chi connectivity index (χ4n) is 1.91. The summed E-state index contributed by atoms with van der Waals surface area (Å²) in [5, 5.41) is 0. The molecule has 0 saturated heterocycles. The molecule has 1 heterocycles. The summed E-state index contributed by atoms with van der Waals surface area (Å²) in [7, 11) is 1.62. The Morgan fingerprint density at radius 2 is 1.95 bits per heavy atom. The van der Waals surface area contributed by atoms with Crippen LogP contribution in [0, 0.1) is 5.82 Å². The van der Waals surface area contributed by atoms with E-state index < -0.39 is 0 Å². The van der Waals surface area contributed by atoms with Crippen molar-refractivity contribution < 1.29 is 9.13 Å². The number of hydrogen-bond donors (Lipinski definition) is 1. The number of halogens is 2. The van der Waals surface area contributed by atoms with Crippen LogP contribution in [0.2, 0.25) is 0 Å². The maximum Gasteiger partial charge on any atom is 0.138 e. The van der Waals surface area contributed by atoms with Crippen molar-refractivity contribution >= 4 is 27.0 Å². The summed E-state index contributed by atoms with van der Waals surface area (Å²) in [6.45, 7) is 0. The van der Waals surface area contributed by atoms with Crippen LogP contribution in [0.5, 0.6) is 5.75 Å². The van der Waals surface area contributed by atoms with Gasteiger partial charge in [-0.15, -0.1) is 0 Å². The van der Waals surface area contributed by atoms with Crippen LogP contribution in [-0.4, -0.2) is 17.1 Å². The normalized spacial score (nSPS) is 10.9. The van der Waals surface area contributed by atoms with E-state index in [0.29, 0.717) is 5.82 Å². The highest BCUT2D eigenvalue weighted by molar-refractivity contribution is 9.10. The molecule has 3 nitrogen and oxygen atoms in total. The molecule has 0 radical (unpaired) electrons. The summed E-state index contributed by atoms with van der Waals surface area (Å²) in [4.78, 5) is 7.71. The average Bonchev–Trinajstić information content (AvgIpc) is 2.84. The maximum absolute atomic E-state index is 12.9. The Labute approximate surface area is 117 Å². The van der Waals surface area contributed by atoms with Gasteiger partial charge in [0, 0.05) is 16.1 Å². The Morgan fingerprint density at radius 3 is 2.63 bits per heavy atom. The lowest BCUT2D eigenvalue weighted by Crippen LogP contribution is -1.82. The average molecular weight is 321 g/mol. The molecule has 96 valence electrons. The SMILES string of the molecule is COc1cc(Br)c2nc(-c3ccc(F)cc3)[nH]c2c1. The van der Waals surface area contributed by atoms with Crippen LogP contribution in [0.3, 0.4) is 0 Å². The Bertz CT molecular complexity index is 737. The molecule has 0 spiro atoms.